The maximum absolute atomic E-state index is 12.6. The molecule has 3 rings (SSSR count). The van der Waals surface area contributed by atoms with E-state index in [1.54, 1.807) is 33.7 Å². The zero-order valence-electron chi connectivity index (χ0n) is 20.9. The van der Waals surface area contributed by atoms with Gasteiger partial charge in [0, 0.05) is 46.9 Å². The molecule has 0 aliphatic heterocycles. The first-order valence-corrected chi connectivity index (χ1v) is 11.2. The van der Waals surface area contributed by atoms with Gasteiger partial charge in [-0.05, 0) is 57.5 Å². The molecule has 0 radical (unpaired) electrons. The van der Waals surface area contributed by atoms with Crippen molar-refractivity contribution in [3.8, 4) is 28.4 Å². The zero-order chi connectivity index (χ0) is 24.8. The standard InChI is InChI=1S/C27H33NO6/c1-8-33-26-18(4)27-22(13-20(26)16(2)11-25(29)28-17(3)14-30-5)23(15-34-27)21-12-19(31-6)9-10-24(21)32-7/h9-13,15,17H,8,14H2,1-7H3,(H,28,29)/b16-11+. The SMILES string of the molecule is CCOc1c(/C(C)=C/C(=O)NC(C)COC)cc2c(-c3cc(OC)ccc3OC)coc2c1C. The van der Waals surface area contributed by atoms with Crippen LogP contribution in [0.5, 0.6) is 17.2 Å². The number of allylic oxidation sites excluding steroid dienone is 1. The summed E-state index contributed by atoms with van der Waals surface area (Å²) in [4.78, 5) is 12.6. The van der Waals surface area contributed by atoms with Crippen molar-refractivity contribution in [1.82, 2.24) is 5.32 Å². The van der Waals surface area contributed by atoms with Crippen LogP contribution in [0.4, 0.5) is 0 Å². The summed E-state index contributed by atoms with van der Waals surface area (Å²) in [5.41, 5.74) is 4.90. The molecule has 0 saturated carbocycles. The van der Waals surface area contributed by atoms with E-state index in [1.165, 1.54) is 0 Å². The van der Waals surface area contributed by atoms with Gasteiger partial charge < -0.3 is 28.7 Å². The molecule has 1 unspecified atom stereocenters. The molecule has 182 valence electrons. The third kappa shape index (κ3) is 5.20. The molecule has 1 atom stereocenters. The quantitative estimate of drug-likeness (QED) is 0.404. The Hall–Kier alpha value is -3.45. The van der Waals surface area contributed by atoms with Gasteiger partial charge in [-0.3, -0.25) is 4.79 Å². The van der Waals surface area contributed by atoms with Crippen LogP contribution in [0.2, 0.25) is 0 Å². The lowest BCUT2D eigenvalue weighted by atomic mass is 9.96. The fourth-order valence-electron chi connectivity index (χ4n) is 4.02. The van der Waals surface area contributed by atoms with E-state index in [9.17, 15) is 4.79 Å². The van der Waals surface area contributed by atoms with Crippen LogP contribution in [0.25, 0.3) is 27.7 Å². The highest BCUT2D eigenvalue weighted by Crippen LogP contribution is 2.43. The lowest BCUT2D eigenvalue weighted by Gasteiger charge is -2.16. The molecule has 34 heavy (non-hydrogen) atoms. The van der Waals surface area contributed by atoms with Gasteiger partial charge in [-0.15, -0.1) is 0 Å². The maximum atomic E-state index is 12.6. The van der Waals surface area contributed by atoms with Gasteiger partial charge in [-0.1, -0.05) is 0 Å². The van der Waals surface area contributed by atoms with E-state index < -0.39 is 0 Å². The number of furan rings is 1. The predicted octanol–water partition coefficient (Wildman–Crippen LogP) is 5.38. The molecule has 7 heteroatoms. The number of carbonyl (C=O) groups excluding carboxylic acids is 1. The molecule has 2 aromatic carbocycles. The van der Waals surface area contributed by atoms with Gasteiger partial charge >= 0.3 is 0 Å². The van der Waals surface area contributed by atoms with Crippen molar-refractivity contribution in [2.75, 3.05) is 34.5 Å². The number of aryl methyl sites for hydroxylation is 1. The summed E-state index contributed by atoms with van der Waals surface area (Å²) < 4.78 is 28.1. The fourth-order valence-corrected chi connectivity index (χ4v) is 4.02. The minimum absolute atomic E-state index is 0.0990. The van der Waals surface area contributed by atoms with E-state index in [2.05, 4.69) is 5.32 Å². The average Bonchev–Trinajstić information content (AvgIpc) is 3.24. The number of methoxy groups -OCH3 is 3. The maximum Gasteiger partial charge on any atom is 0.244 e. The summed E-state index contributed by atoms with van der Waals surface area (Å²) in [5, 5.41) is 3.81. The molecule has 0 saturated heterocycles. The van der Waals surface area contributed by atoms with Crippen molar-refractivity contribution >= 4 is 22.4 Å². The molecule has 3 aromatic rings. The van der Waals surface area contributed by atoms with Gasteiger partial charge in [0.15, 0.2) is 0 Å². The Labute approximate surface area is 200 Å². The number of hydrogen-bond acceptors (Lipinski definition) is 6. The number of rotatable bonds is 10. The van der Waals surface area contributed by atoms with Gasteiger partial charge in [0.2, 0.25) is 5.91 Å². The van der Waals surface area contributed by atoms with E-state index in [0.717, 1.165) is 38.8 Å². The van der Waals surface area contributed by atoms with E-state index in [-0.39, 0.29) is 11.9 Å². The first-order chi connectivity index (χ1) is 16.3. The van der Waals surface area contributed by atoms with E-state index in [4.69, 9.17) is 23.4 Å². The van der Waals surface area contributed by atoms with Crippen molar-refractivity contribution in [1.29, 1.82) is 0 Å². The van der Waals surface area contributed by atoms with Crippen LogP contribution in [0, 0.1) is 6.92 Å². The molecule has 0 aliphatic rings. The van der Waals surface area contributed by atoms with Gasteiger partial charge in [0.25, 0.3) is 0 Å². The van der Waals surface area contributed by atoms with Gasteiger partial charge in [-0.2, -0.15) is 0 Å². The summed E-state index contributed by atoms with van der Waals surface area (Å²) >= 11 is 0. The Balaban J connectivity index is 2.17. The van der Waals surface area contributed by atoms with Crippen LogP contribution < -0.4 is 19.5 Å². The molecule has 1 heterocycles. The van der Waals surface area contributed by atoms with Gasteiger partial charge in [0.05, 0.1) is 33.7 Å². The highest BCUT2D eigenvalue weighted by Gasteiger charge is 2.21. The molecule has 0 spiro atoms. The van der Waals surface area contributed by atoms with Crippen LogP contribution in [-0.4, -0.2) is 46.5 Å². The minimum Gasteiger partial charge on any atom is -0.497 e. The Morgan fingerprint density at radius 3 is 2.56 bits per heavy atom. The average molecular weight is 468 g/mol. The van der Waals surface area contributed by atoms with E-state index in [0.29, 0.717) is 30.5 Å². The lowest BCUT2D eigenvalue weighted by molar-refractivity contribution is -0.117. The number of carbonyl (C=O) groups is 1. The molecule has 1 N–H and O–H groups in total. The molecule has 0 fully saturated rings. The molecule has 1 aromatic heterocycles. The number of fused-ring (bicyclic) bond motifs is 1. The second-order valence-electron chi connectivity index (χ2n) is 8.10. The lowest BCUT2D eigenvalue weighted by Crippen LogP contribution is -2.34. The van der Waals surface area contributed by atoms with Crippen LogP contribution in [0.3, 0.4) is 0 Å². The summed E-state index contributed by atoms with van der Waals surface area (Å²) in [7, 11) is 4.87. The first-order valence-electron chi connectivity index (χ1n) is 11.2. The summed E-state index contributed by atoms with van der Waals surface area (Å²) in [6.07, 6.45) is 3.30. The largest absolute Gasteiger partial charge is 0.497 e. The second-order valence-corrected chi connectivity index (χ2v) is 8.10. The number of hydrogen-bond donors (Lipinski definition) is 1. The van der Waals surface area contributed by atoms with E-state index >= 15 is 0 Å². The molecule has 0 bridgehead atoms. The zero-order valence-corrected chi connectivity index (χ0v) is 20.9. The highest BCUT2D eigenvalue weighted by atomic mass is 16.5. The molecular formula is C27H33NO6. The Kier molecular flexibility index (Phi) is 8.23. The van der Waals surface area contributed by atoms with Gasteiger partial charge in [0.1, 0.15) is 22.8 Å². The normalized spacial score (nSPS) is 12.5. The van der Waals surface area contributed by atoms with Crippen molar-refractivity contribution in [3.63, 3.8) is 0 Å². The van der Waals surface area contributed by atoms with Crippen molar-refractivity contribution in [2.45, 2.75) is 33.7 Å². The highest BCUT2D eigenvalue weighted by molar-refractivity contribution is 6.02. The van der Waals surface area contributed by atoms with Crippen LogP contribution in [0.1, 0.15) is 31.9 Å². The van der Waals surface area contributed by atoms with Crippen molar-refractivity contribution < 1.29 is 28.2 Å². The van der Waals surface area contributed by atoms with Crippen LogP contribution in [0.15, 0.2) is 41.0 Å². The monoisotopic (exact) mass is 467 g/mol. The number of amides is 1. The third-order valence-electron chi connectivity index (χ3n) is 5.61. The Bertz CT molecular complexity index is 1190. The summed E-state index contributed by atoms with van der Waals surface area (Å²) in [5.74, 6) is 1.92. The molecule has 1 amide bonds. The van der Waals surface area contributed by atoms with Crippen molar-refractivity contribution in [2.24, 2.45) is 0 Å². The Morgan fingerprint density at radius 1 is 1.15 bits per heavy atom. The third-order valence-corrected chi connectivity index (χ3v) is 5.61. The summed E-state index contributed by atoms with van der Waals surface area (Å²) in [6.45, 7) is 8.61. The van der Waals surface area contributed by atoms with Crippen LogP contribution >= 0.6 is 0 Å². The van der Waals surface area contributed by atoms with E-state index in [1.807, 2.05) is 52.0 Å². The molecular weight excluding hydrogens is 434 g/mol. The number of ether oxygens (including phenoxy) is 4. The molecule has 0 aliphatic carbocycles. The predicted molar refractivity (Wildman–Crippen MR) is 134 cm³/mol. The first kappa shape index (κ1) is 25.2. The van der Waals surface area contributed by atoms with Crippen molar-refractivity contribution in [3.05, 3.63) is 47.7 Å². The Morgan fingerprint density at radius 2 is 1.91 bits per heavy atom. The molecule has 7 nitrogen and oxygen atoms in total. The topological polar surface area (TPSA) is 79.2 Å². The smallest absolute Gasteiger partial charge is 0.244 e. The minimum atomic E-state index is -0.191. The second kappa shape index (κ2) is 11.1. The van der Waals surface area contributed by atoms with Crippen LogP contribution in [-0.2, 0) is 9.53 Å². The number of benzene rings is 2. The van der Waals surface area contributed by atoms with Gasteiger partial charge in [-0.25, -0.2) is 0 Å². The fraction of sp³-hybridized carbons (Fsp3) is 0.370. The summed E-state index contributed by atoms with van der Waals surface area (Å²) in [6, 6.07) is 7.54. The number of nitrogens with one attached hydrogen (secondary N) is 1.